The second-order valence-corrected chi connectivity index (χ2v) is 6.50. The molecule has 0 aliphatic carbocycles. The van der Waals surface area contributed by atoms with Crippen LogP contribution in [0.4, 0.5) is 0 Å². The van der Waals surface area contributed by atoms with Crippen LogP contribution in [0.2, 0.25) is 0 Å². The summed E-state index contributed by atoms with van der Waals surface area (Å²) >= 11 is 0. The Morgan fingerprint density at radius 3 is 2.59 bits per heavy atom. The number of amides is 2. The molecule has 148 valence electrons. The number of nitrogens with one attached hydrogen (secondary N) is 3. The van der Waals surface area contributed by atoms with Crippen LogP contribution < -0.4 is 16.0 Å². The summed E-state index contributed by atoms with van der Waals surface area (Å²) < 4.78 is 0. The average Bonchev–Trinajstić information content (AvgIpc) is 3.10. The molecule has 2 amide bonds. The fourth-order valence-corrected chi connectivity index (χ4v) is 2.92. The lowest BCUT2D eigenvalue weighted by Gasteiger charge is -2.15. The number of guanidine groups is 1. The van der Waals surface area contributed by atoms with Gasteiger partial charge in [-0.1, -0.05) is 18.2 Å². The van der Waals surface area contributed by atoms with Gasteiger partial charge in [0.25, 0.3) is 5.91 Å². The third-order valence-electron chi connectivity index (χ3n) is 4.34. The topological polar surface area (TPSA) is 85.8 Å². The number of carbonyl (C=O) groups excluding carboxylic acids is 2. The van der Waals surface area contributed by atoms with Gasteiger partial charge in [-0.25, -0.2) is 0 Å². The van der Waals surface area contributed by atoms with E-state index in [1.54, 1.807) is 12.1 Å². The van der Waals surface area contributed by atoms with Crippen LogP contribution in [0.1, 0.15) is 43.0 Å². The molecule has 0 aromatic heterocycles. The first-order valence-corrected chi connectivity index (χ1v) is 9.84. The van der Waals surface area contributed by atoms with Crippen molar-refractivity contribution < 1.29 is 9.59 Å². The molecule has 3 N–H and O–H groups in total. The first-order chi connectivity index (χ1) is 13.2. The number of benzene rings is 1. The van der Waals surface area contributed by atoms with Crippen molar-refractivity contribution >= 4 is 17.8 Å². The van der Waals surface area contributed by atoms with Gasteiger partial charge in [0, 0.05) is 51.3 Å². The van der Waals surface area contributed by atoms with E-state index in [9.17, 15) is 9.59 Å². The molecule has 1 saturated heterocycles. The number of hydrogen-bond donors (Lipinski definition) is 3. The van der Waals surface area contributed by atoms with Crippen LogP contribution >= 0.6 is 0 Å². The van der Waals surface area contributed by atoms with E-state index in [1.165, 1.54) is 0 Å². The maximum atomic E-state index is 12.0. The first kappa shape index (κ1) is 20.7. The highest BCUT2D eigenvalue weighted by Crippen LogP contribution is 2.09. The van der Waals surface area contributed by atoms with Gasteiger partial charge in [0.05, 0.1) is 0 Å². The van der Waals surface area contributed by atoms with E-state index in [2.05, 4.69) is 20.9 Å². The molecule has 0 radical (unpaired) electrons. The maximum absolute atomic E-state index is 12.0. The summed E-state index contributed by atoms with van der Waals surface area (Å²) in [6.07, 6.45) is 3.35. The standard InChI is InChI=1S/C20H31N5O2/c1-2-21-20(24-14-8-16-25-15-6-11-18(25)26)23-13-7-12-22-19(27)17-9-4-3-5-10-17/h3-5,9-10H,2,6-8,11-16H2,1H3,(H,22,27)(H2,21,23,24). The molecule has 7 nitrogen and oxygen atoms in total. The molecule has 0 atom stereocenters. The van der Waals surface area contributed by atoms with Crippen molar-refractivity contribution in [1.82, 2.24) is 20.9 Å². The van der Waals surface area contributed by atoms with Crippen LogP contribution in [-0.4, -0.2) is 61.9 Å². The van der Waals surface area contributed by atoms with Crippen LogP contribution in [0.5, 0.6) is 0 Å². The van der Waals surface area contributed by atoms with E-state index in [0.717, 1.165) is 51.4 Å². The second-order valence-electron chi connectivity index (χ2n) is 6.50. The summed E-state index contributed by atoms with van der Waals surface area (Å²) in [4.78, 5) is 30.0. The Hall–Kier alpha value is -2.57. The number of likely N-dealkylation sites (tertiary alicyclic amines) is 1. The second kappa shape index (κ2) is 11.9. The van der Waals surface area contributed by atoms with Crippen LogP contribution in [0.15, 0.2) is 35.3 Å². The summed E-state index contributed by atoms with van der Waals surface area (Å²) in [5, 5.41) is 9.41. The lowest BCUT2D eigenvalue weighted by Crippen LogP contribution is -2.39. The van der Waals surface area contributed by atoms with E-state index >= 15 is 0 Å². The molecule has 1 aromatic carbocycles. The Balaban J connectivity index is 1.60. The van der Waals surface area contributed by atoms with Gasteiger partial charge in [-0.15, -0.1) is 0 Å². The Labute approximate surface area is 161 Å². The van der Waals surface area contributed by atoms with Gasteiger partial charge < -0.3 is 20.9 Å². The van der Waals surface area contributed by atoms with Gasteiger partial charge in [-0.2, -0.15) is 0 Å². The molecule has 0 saturated carbocycles. The molecule has 1 heterocycles. The molecule has 1 aliphatic heterocycles. The molecule has 2 rings (SSSR count). The molecular weight excluding hydrogens is 342 g/mol. The lowest BCUT2D eigenvalue weighted by atomic mass is 10.2. The summed E-state index contributed by atoms with van der Waals surface area (Å²) in [5.41, 5.74) is 0.678. The molecule has 0 bridgehead atoms. The zero-order valence-electron chi connectivity index (χ0n) is 16.2. The van der Waals surface area contributed by atoms with E-state index in [1.807, 2.05) is 30.0 Å². The van der Waals surface area contributed by atoms with Crippen LogP contribution in [0.25, 0.3) is 0 Å². The number of rotatable bonds is 10. The molecule has 7 heteroatoms. The predicted molar refractivity (Wildman–Crippen MR) is 108 cm³/mol. The Morgan fingerprint density at radius 1 is 1.11 bits per heavy atom. The minimum Gasteiger partial charge on any atom is -0.357 e. The van der Waals surface area contributed by atoms with Crippen LogP contribution in [-0.2, 0) is 4.79 Å². The normalized spacial score (nSPS) is 14.3. The summed E-state index contributed by atoms with van der Waals surface area (Å²) in [6.45, 7) is 6.51. The van der Waals surface area contributed by atoms with Crippen LogP contribution in [0.3, 0.4) is 0 Å². The average molecular weight is 374 g/mol. The summed E-state index contributed by atoms with van der Waals surface area (Å²) in [7, 11) is 0. The highest BCUT2D eigenvalue weighted by atomic mass is 16.2. The van der Waals surface area contributed by atoms with Gasteiger partial charge in [0.1, 0.15) is 0 Å². The molecule has 1 aromatic rings. The highest BCUT2D eigenvalue weighted by molar-refractivity contribution is 5.94. The lowest BCUT2D eigenvalue weighted by molar-refractivity contribution is -0.127. The van der Waals surface area contributed by atoms with Crippen molar-refractivity contribution in [3.63, 3.8) is 0 Å². The third kappa shape index (κ3) is 7.68. The Morgan fingerprint density at radius 2 is 1.89 bits per heavy atom. The van der Waals surface area contributed by atoms with Crippen molar-refractivity contribution in [2.24, 2.45) is 4.99 Å². The fourth-order valence-electron chi connectivity index (χ4n) is 2.92. The quantitative estimate of drug-likeness (QED) is 0.329. The number of aliphatic imine (C=N–C) groups is 1. The first-order valence-electron chi connectivity index (χ1n) is 9.84. The number of nitrogens with zero attached hydrogens (tertiary/aromatic N) is 2. The van der Waals surface area contributed by atoms with Gasteiger partial charge in [0.2, 0.25) is 5.91 Å². The zero-order valence-corrected chi connectivity index (χ0v) is 16.2. The Bertz CT molecular complexity index is 618. The molecule has 1 aliphatic rings. The third-order valence-corrected chi connectivity index (χ3v) is 4.34. The van der Waals surface area contributed by atoms with Gasteiger partial charge in [0.15, 0.2) is 5.96 Å². The van der Waals surface area contributed by atoms with Crippen molar-refractivity contribution in [2.45, 2.75) is 32.6 Å². The Kier molecular flexibility index (Phi) is 9.17. The van der Waals surface area contributed by atoms with Crippen molar-refractivity contribution in [2.75, 3.05) is 39.3 Å². The van der Waals surface area contributed by atoms with E-state index < -0.39 is 0 Å². The van der Waals surface area contributed by atoms with Crippen LogP contribution in [0, 0.1) is 0 Å². The largest absolute Gasteiger partial charge is 0.357 e. The van der Waals surface area contributed by atoms with Gasteiger partial charge in [-0.3, -0.25) is 14.6 Å². The fraction of sp³-hybridized carbons (Fsp3) is 0.550. The van der Waals surface area contributed by atoms with E-state index in [0.29, 0.717) is 25.1 Å². The predicted octanol–water partition coefficient (Wildman–Crippen LogP) is 1.37. The van der Waals surface area contributed by atoms with Crippen molar-refractivity contribution in [3.05, 3.63) is 35.9 Å². The monoisotopic (exact) mass is 373 g/mol. The summed E-state index contributed by atoms with van der Waals surface area (Å²) in [6, 6.07) is 9.22. The zero-order chi connectivity index (χ0) is 19.3. The SMILES string of the molecule is CCNC(=NCCCN1CCCC1=O)NCCCNC(=O)c1ccccc1. The van der Waals surface area contributed by atoms with E-state index in [-0.39, 0.29) is 11.8 Å². The van der Waals surface area contributed by atoms with Crippen molar-refractivity contribution in [1.29, 1.82) is 0 Å². The highest BCUT2D eigenvalue weighted by Gasteiger charge is 2.18. The molecular formula is C20H31N5O2. The molecule has 0 unspecified atom stereocenters. The van der Waals surface area contributed by atoms with Gasteiger partial charge >= 0.3 is 0 Å². The van der Waals surface area contributed by atoms with Gasteiger partial charge in [-0.05, 0) is 38.3 Å². The smallest absolute Gasteiger partial charge is 0.251 e. The maximum Gasteiger partial charge on any atom is 0.251 e. The van der Waals surface area contributed by atoms with E-state index in [4.69, 9.17) is 0 Å². The minimum atomic E-state index is -0.0485. The number of carbonyl (C=O) groups is 2. The number of hydrogen-bond acceptors (Lipinski definition) is 3. The summed E-state index contributed by atoms with van der Waals surface area (Å²) in [5.74, 6) is 0.994. The minimum absolute atomic E-state index is 0.0485. The van der Waals surface area contributed by atoms with Crippen molar-refractivity contribution in [3.8, 4) is 0 Å². The molecule has 0 spiro atoms. The molecule has 27 heavy (non-hydrogen) atoms. The molecule has 1 fully saturated rings.